The van der Waals surface area contributed by atoms with Crippen molar-refractivity contribution in [2.45, 2.75) is 58.5 Å². The van der Waals surface area contributed by atoms with Gasteiger partial charge in [0, 0.05) is 25.4 Å². The molecule has 4 nitrogen and oxygen atoms in total. The van der Waals surface area contributed by atoms with E-state index in [1.807, 2.05) is 30.3 Å². The van der Waals surface area contributed by atoms with E-state index in [-0.39, 0.29) is 17.9 Å². The van der Waals surface area contributed by atoms with Crippen LogP contribution in [0.1, 0.15) is 57.4 Å². The molecule has 0 N–H and O–H groups in total. The number of amides is 1. The van der Waals surface area contributed by atoms with Crippen LogP contribution >= 0.6 is 0 Å². The summed E-state index contributed by atoms with van der Waals surface area (Å²) in [4.78, 5) is 26.8. The fraction of sp³-hybridized carbons (Fsp3) is 0.636. The van der Waals surface area contributed by atoms with Crippen molar-refractivity contribution in [1.29, 1.82) is 0 Å². The Labute approximate surface area is 156 Å². The van der Waals surface area contributed by atoms with Crippen LogP contribution in [0.25, 0.3) is 0 Å². The zero-order chi connectivity index (χ0) is 18.4. The Morgan fingerprint density at radius 3 is 2.69 bits per heavy atom. The number of rotatable bonds is 5. The third-order valence-electron chi connectivity index (χ3n) is 5.86. The molecule has 4 heteroatoms. The van der Waals surface area contributed by atoms with Crippen molar-refractivity contribution in [3.05, 3.63) is 35.9 Å². The monoisotopic (exact) mass is 357 g/mol. The molecule has 1 unspecified atom stereocenters. The maximum Gasteiger partial charge on any atom is 0.410 e. The third kappa shape index (κ3) is 5.33. The summed E-state index contributed by atoms with van der Waals surface area (Å²) in [6.45, 7) is 3.95. The van der Waals surface area contributed by atoms with E-state index in [1.165, 1.54) is 12.8 Å². The first-order valence-electron chi connectivity index (χ1n) is 10.1. The maximum atomic E-state index is 12.7. The summed E-state index contributed by atoms with van der Waals surface area (Å²) in [6.07, 6.45) is 6.91. The second kappa shape index (κ2) is 9.20. The van der Waals surface area contributed by atoms with Gasteiger partial charge in [0.1, 0.15) is 12.4 Å². The first kappa shape index (κ1) is 18.9. The fourth-order valence-corrected chi connectivity index (χ4v) is 4.39. The zero-order valence-corrected chi connectivity index (χ0v) is 15.9. The Hall–Kier alpha value is -1.84. The van der Waals surface area contributed by atoms with Crippen molar-refractivity contribution in [3.63, 3.8) is 0 Å². The molecule has 0 radical (unpaired) electrons. The standard InChI is InChI=1S/C22H31NO3/c1-17-7-5-11-20(13-17)21(24)14-19-10-6-12-23(15-19)22(25)26-16-18-8-3-2-4-9-18/h2-4,8-9,17,19-20H,5-7,10-16H2,1H3/t17-,19?,20+/m1/s1. The molecule has 1 saturated heterocycles. The van der Waals surface area contributed by atoms with Gasteiger partial charge in [0.15, 0.2) is 0 Å². The van der Waals surface area contributed by atoms with Gasteiger partial charge in [-0.15, -0.1) is 0 Å². The molecular formula is C22H31NO3. The first-order chi connectivity index (χ1) is 12.6. The predicted octanol–water partition coefficient (Wildman–Crippen LogP) is 4.82. The summed E-state index contributed by atoms with van der Waals surface area (Å²) >= 11 is 0. The smallest absolute Gasteiger partial charge is 0.410 e. The second-order valence-corrected chi connectivity index (χ2v) is 8.13. The van der Waals surface area contributed by atoms with Crippen molar-refractivity contribution in [2.24, 2.45) is 17.8 Å². The molecule has 2 fully saturated rings. The first-order valence-corrected chi connectivity index (χ1v) is 10.1. The normalized spacial score (nSPS) is 26.3. The summed E-state index contributed by atoms with van der Waals surface area (Å²) in [6, 6.07) is 9.74. The lowest BCUT2D eigenvalue weighted by atomic mass is 9.77. The summed E-state index contributed by atoms with van der Waals surface area (Å²) < 4.78 is 5.45. The van der Waals surface area contributed by atoms with E-state index in [0.717, 1.165) is 37.8 Å². The molecule has 0 aromatic heterocycles. The number of likely N-dealkylation sites (tertiary alicyclic amines) is 1. The van der Waals surface area contributed by atoms with Crippen molar-refractivity contribution in [2.75, 3.05) is 13.1 Å². The Bertz CT molecular complexity index is 601. The number of piperidine rings is 1. The number of carbonyl (C=O) groups excluding carboxylic acids is 2. The molecule has 1 aromatic rings. The van der Waals surface area contributed by atoms with Crippen LogP contribution in [0.15, 0.2) is 30.3 Å². The molecule has 1 aliphatic carbocycles. The molecule has 1 aromatic carbocycles. The topological polar surface area (TPSA) is 46.6 Å². The number of nitrogens with zero attached hydrogens (tertiary/aromatic N) is 1. The van der Waals surface area contributed by atoms with Gasteiger partial charge < -0.3 is 9.64 Å². The summed E-state index contributed by atoms with van der Waals surface area (Å²) in [5, 5.41) is 0. The second-order valence-electron chi connectivity index (χ2n) is 8.13. The maximum absolute atomic E-state index is 12.7. The Morgan fingerprint density at radius 2 is 1.92 bits per heavy atom. The van der Waals surface area contributed by atoms with Gasteiger partial charge in [0.2, 0.25) is 0 Å². The molecule has 0 bridgehead atoms. The molecule has 1 saturated carbocycles. The average molecular weight is 357 g/mol. The quantitative estimate of drug-likeness (QED) is 0.759. The summed E-state index contributed by atoms with van der Waals surface area (Å²) in [5.74, 6) is 1.63. The Morgan fingerprint density at radius 1 is 1.12 bits per heavy atom. The highest BCUT2D eigenvalue weighted by molar-refractivity contribution is 5.81. The molecule has 1 heterocycles. The Kier molecular flexibility index (Phi) is 6.70. The molecule has 1 aliphatic heterocycles. The van der Waals surface area contributed by atoms with Crippen LogP contribution in [0.2, 0.25) is 0 Å². The number of ether oxygens (including phenoxy) is 1. The lowest BCUT2D eigenvalue weighted by Gasteiger charge is -2.33. The molecule has 2 aliphatic rings. The summed E-state index contributed by atoms with van der Waals surface area (Å²) in [7, 11) is 0. The highest BCUT2D eigenvalue weighted by Crippen LogP contribution is 2.32. The van der Waals surface area contributed by atoms with Crippen molar-refractivity contribution < 1.29 is 14.3 Å². The number of Topliss-reactive ketones (excluding diaryl/α,β-unsaturated/α-hetero) is 1. The molecule has 3 rings (SSSR count). The molecule has 3 atom stereocenters. The van der Waals surface area contributed by atoms with Crippen molar-refractivity contribution in [3.8, 4) is 0 Å². The largest absolute Gasteiger partial charge is 0.445 e. The van der Waals surface area contributed by atoms with E-state index in [0.29, 0.717) is 31.3 Å². The molecule has 26 heavy (non-hydrogen) atoms. The van der Waals surface area contributed by atoms with Crippen LogP contribution in [0.4, 0.5) is 4.79 Å². The highest BCUT2D eigenvalue weighted by Gasteiger charge is 2.30. The highest BCUT2D eigenvalue weighted by atomic mass is 16.6. The van der Waals surface area contributed by atoms with Gasteiger partial charge in [0.25, 0.3) is 0 Å². The van der Waals surface area contributed by atoms with Gasteiger partial charge in [0.05, 0.1) is 0 Å². The van der Waals surface area contributed by atoms with Gasteiger partial charge in [-0.2, -0.15) is 0 Å². The lowest BCUT2D eigenvalue weighted by molar-refractivity contribution is -0.125. The minimum Gasteiger partial charge on any atom is -0.445 e. The van der Waals surface area contributed by atoms with E-state index in [9.17, 15) is 9.59 Å². The van der Waals surface area contributed by atoms with E-state index < -0.39 is 0 Å². The van der Waals surface area contributed by atoms with Crippen LogP contribution in [0.5, 0.6) is 0 Å². The van der Waals surface area contributed by atoms with E-state index >= 15 is 0 Å². The van der Waals surface area contributed by atoms with Gasteiger partial charge in [-0.25, -0.2) is 4.79 Å². The lowest BCUT2D eigenvalue weighted by Crippen LogP contribution is -2.41. The van der Waals surface area contributed by atoms with Gasteiger partial charge >= 0.3 is 6.09 Å². The fourth-order valence-electron chi connectivity index (χ4n) is 4.39. The number of benzene rings is 1. The van der Waals surface area contributed by atoms with Crippen LogP contribution in [0.3, 0.4) is 0 Å². The third-order valence-corrected chi connectivity index (χ3v) is 5.86. The Balaban J connectivity index is 1.45. The van der Waals surface area contributed by atoms with Gasteiger partial charge in [-0.05, 0) is 43.1 Å². The minimum atomic E-state index is -0.253. The van der Waals surface area contributed by atoms with Crippen molar-refractivity contribution in [1.82, 2.24) is 4.90 Å². The predicted molar refractivity (Wildman–Crippen MR) is 102 cm³/mol. The van der Waals surface area contributed by atoms with E-state index in [4.69, 9.17) is 4.74 Å². The van der Waals surface area contributed by atoms with Crippen LogP contribution < -0.4 is 0 Å². The van der Waals surface area contributed by atoms with E-state index in [1.54, 1.807) is 4.90 Å². The summed E-state index contributed by atoms with van der Waals surface area (Å²) in [5.41, 5.74) is 0.996. The number of hydrogen-bond donors (Lipinski definition) is 0. The number of ketones is 1. The van der Waals surface area contributed by atoms with Crippen LogP contribution in [-0.4, -0.2) is 29.9 Å². The molecular weight excluding hydrogens is 326 g/mol. The number of hydrogen-bond acceptors (Lipinski definition) is 3. The van der Waals surface area contributed by atoms with Gasteiger partial charge in [-0.3, -0.25) is 4.79 Å². The molecule has 142 valence electrons. The number of carbonyl (C=O) groups is 2. The molecule has 1 amide bonds. The van der Waals surface area contributed by atoms with Gasteiger partial charge in [-0.1, -0.05) is 50.1 Å². The SMILES string of the molecule is C[C@@H]1CCC[C@H](C(=O)CC2CCCN(C(=O)OCc3ccccc3)C2)C1. The zero-order valence-electron chi connectivity index (χ0n) is 15.9. The average Bonchev–Trinajstić information content (AvgIpc) is 2.67. The van der Waals surface area contributed by atoms with Crippen LogP contribution in [0, 0.1) is 17.8 Å². The molecule has 0 spiro atoms. The minimum absolute atomic E-state index is 0.249. The van der Waals surface area contributed by atoms with Crippen molar-refractivity contribution >= 4 is 11.9 Å². The van der Waals surface area contributed by atoms with E-state index in [2.05, 4.69) is 6.92 Å². The van der Waals surface area contributed by atoms with Crippen LogP contribution in [-0.2, 0) is 16.1 Å².